The third kappa shape index (κ3) is 3.43. The van der Waals surface area contributed by atoms with Crippen LogP contribution in [0.5, 0.6) is 5.88 Å². The number of pyridine rings is 1. The smallest absolute Gasteiger partial charge is 0.222 e. The summed E-state index contributed by atoms with van der Waals surface area (Å²) in [4.78, 5) is 5.38. The van der Waals surface area contributed by atoms with Crippen LogP contribution in [0.2, 0.25) is 4.34 Å². The minimum Gasteiger partial charge on any atom is -0.481 e. The minimum atomic E-state index is 0.545. The molecule has 0 bridgehead atoms. The van der Waals surface area contributed by atoms with E-state index in [9.17, 15) is 0 Å². The van der Waals surface area contributed by atoms with Gasteiger partial charge < -0.3 is 10.1 Å². The molecule has 0 aliphatic carbocycles. The van der Waals surface area contributed by atoms with E-state index in [-0.39, 0.29) is 0 Å². The quantitative estimate of drug-likeness (QED) is 0.659. The number of aromatic amines is 1. The van der Waals surface area contributed by atoms with E-state index >= 15 is 0 Å². The van der Waals surface area contributed by atoms with Gasteiger partial charge in [0.15, 0.2) is 0 Å². The number of anilines is 1. The Kier molecular flexibility index (Phi) is 4.66. The molecule has 0 saturated heterocycles. The summed E-state index contributed by atoms with van der Waals surface area (Å²) in [6, 6.07) is 7.73. The van der Waals surface area contributed by atoms with Gasteiger partial charge in [0.2, 0.25) is 5.88 Å². The summed E-state index contributed by atoms with van der Waals surface area (Å²) in [7, 11) is 1.59. The van der Waals surface area contributed by atoms with Gasteiger partial charge in [-0.05, 0) is 34.1 Å². The van der Waals surface area contributed by atoms with Crippen LogP contribution < -0.4 is 10.1 Å². The maximum Gasteiger partial charge on any atom is 0.222 e. The average Bonchev–Trinajstić information content (AvgIpc) is 3.14. The number of H-pyrrole nitrogens is 1. The lowest BCUT2D eigenvalue weighted by Gasteiger charge is -2.05. The fourth-order valence-corrected chi connectivity index (χ4v) is 3.32. The van der Waals surface area contributed by atoms with Gasteiger partial charge in [0, 0.05) is 21.6 Å². The lowest BCUT2D eigenvalue weighted by atomic mass is 10.2. The Hall–Kier alpha value is -1.57. The van der Waals surface area contributed by atoms with E-state index in [1.165, 1.54) is 0 Å². The minimum absolute atomic E-state index is 0.545. The first-order valence-electron chi connectivity index (χ1n) is 6.39. The monoisotopic (exact) mass is 398 g/mol. The predicted octanol–water partition coefficient (Wildman–Crippen LogP) is 4.57. The average molecular weight is 400 g/mol. The van der Waals surface area contributed by atoms with Gasteiger partial charge in [0.25, 0.3) is 0 Å². The van der Waals surface area contributed by atoms with E-state index in [2.05, 4.69) is 36.4 Å². The molecule has 8 heteroatoms. The number of nitrogens with one attached hydrogen (secondary N) is 2. The number of aromatic nitrogens is 3. The molecular weight excluding hydrogens is 388 g/mol. The Balaban J connectivity index is 1.77. The highest BCUT2D eigenvalue weighted by molar-refractivity contribution is 9.10. The van der Waals surface area contributed by atoms with Crippen molar-refractivity contribution in [2.24, 2.45) is 0 Å². The van der Waals surface area contributed by atoms with Crippen molar-refractivity contribution in [2.75, 3.05) is 12.4 Å². The van der Waals surface area contributed by atoms with Crippen molar-refractivity contribution in [3.05, 3.63) is 44.1 Å². The van der Waals surface area contributed by atoms with Gasteiger partial charge in [0.05, 0.1) is 29.2 Å². The zero-order chi connectivity index (χ0) is 15.5. The van der Waals surface area contributed by atoms with E-state index in [4.69, 9.17) is 16.3 Å². The molecule has 3 rings (SSSR count). The van der Waals surface area contributed by atoms with Gasteiger partial charge >= 0.3 is 0 Å². The van der Waals surface area contributed by atoms with E-state index < -0.39 is 0 Å². The number of hydrogen-bond acceptors (Lipinski definition) is 5. The van der Waals surface area contributed by atoms with Crippen LogP contribution in [0, 0.1) is 0 Å². The highest BCUT2D eigenvalue weighted by Crippen LogP contribution is 2.30. The molecule has 0 amide bonds. The molecule has 2 N–H and O–H groups in total. The maximum atomic E-state index is 5.92. The van der Waals surface area contributed by atoms with Gasteiger partial charge in [-0.2, -0.15) is 5.10 Å². The van der Waals surface area contributed by atoms with E-state index in [1.54, 1.807) is 24.6 Å². The Bertz CT molecular complexity index is 789. The first-order chi connectivity index (χ1) is 10.7. The topological polar surface area (TPSA) is 62.8 Å². The van der Waals surface area contributed by atoms with Crippen molar-refractivity contribution in [3.8, 4) is 17.1 Å². The first kappa shape index (κ1) is 15.3. The molecular formula is C14H12BrClN4OS. The number of hydrogen-bond donors (Lipinski definition) is 2. The second-order valence-electron chi connectivity index (χ2n) is 4.44. The van der Waals surface area contributed by atoms with Crippen LogP contribution in [0.15, 0.2) is 34.9 Å². The highest BCUT2D eigenvalue weighted by atomic mass is 79.9. The lowest BCUT2D eigenvalue weighted by Crippen LogP contribution is -1.97. The summed E-state index contributed by atoms with van der Waals surface area (Å²) in [6.07, 6.45) is 1.69. The summed E-state index contributed by atoms with van der Waals surface area (Å²) in [5.74, 6) is 1.30. The van der Waals surface area contributed by atoms with Crippen LogP contribution >= 0.6 is 38.9 Å². The fourth-order valence-electron chi connectivity index (χ4n) is 1.96. The molecule has 0 aromatic carbocycles. The van der Waals surface area contributed by atoms with Gasteiger partial charge in [0.1, 0.15) is 5.82 Å². The zero-order valence-corrected chi connectivity index (χ0v) is 14.7. The standard InChI is InChI=1S/C14H12BrClN4OS/c1-21-14-10(4-8(15)6-18-14)11-5-13(20-19-11)17-7-9-2-3-12(16)22-9/h2-6H,7H2,1H3,(H2,17,19,20). The van der Waals surface area contributed by atoms with Crippen LogP contribution in [-0.2, 0) is 6.54 Å². The molecule has 5 nitrogen and oxygen atoms in total. The van der Waals surface area contributed by atoms with Crippen LogP contribution in [0.1, 0.15) is 4.88 Å². The number of ether oxygens (including phenoxy) is 1. The fraction of sp³-hybridized carbons (Fsp3) is 0.143. The first-order valence-corrected chi connectivity index (χ1v) is 8.38. The molecule has 0 aliphatic rings. The van der Waals surface area contributed by atoms with Crippen LogP contribution in [0.3, 0.4) is 0 Å². The van der Waals surface area contributed by atoms with Gasteiger partial charge in [-0.3, -0.25) is 5.10 Å². The molecule has 3 aromatic rings. The second-order valence-corrected chi connectivity index (χ2v) is 7.15. The van der Waals surface area contributed by atoms with Crippen LogP contribution in [-0.4, -0.2) is 22.3 Å². The Morgan fingerprint density at radius 3 is 3.00 bits per heavy atom. The molecule has 0 radical (unpaired) electrons. The van der Waals surface area contributed by atoms with Crippen molar-refractivity contribution >= 4 is 44.7 Å². The number of halogens is 2. The number of rotatable bonds is 5. The SMILES string of the molecule is COc1ncc(Br)cc1-c1cc(NCc2ccc(Cl)s2)n[nH]1. The largest absolute Gasteiger partial charge is 0.481 e. The molecule has 0 spiro atoms. The molecule has 0 saturated carbocycles. The molecule has 22 heavy (non-hydrogen) atoms. The summed E-state index contributed by atoms with van der Waals surface area (Å²) in [5, 5.41) is 10.5. The number of nitrogens with zero attached hydrogens (tertiary/aromatic N) is 2. The summed E-state index contributed by atoms with van der Waals surface area (Å²) < 4.78 is 6.94. The molecule has 0 fully saturated rings. The maximum absolute atomic E-state index is 5.92. The van der Waals surface area contributed by atoms with E-state index in [0.29, 0.717) is 12.4 Å². The van der Waals surface area contributed by atoms with Crippen molar-refractivity contribution in [1.29, 1.82) is 0 Å². The van der Waals surface area contributed by atoms with Crippen molar-refractivity contribution in [2.45, 2.75) is 6.54 Å². The lowest BCUT2D eigenvalue weighted by molar-refractivity contribution is 0.399. The number of thiophene rings is 1. The van der Waals surface area contributed by atoms with E-state index in [1.807, 2.05) is 24.3 Å². The zero-order valence-electron chi connectivity index (χ0n) is 11.6. The molecule has 3 aromatic heterocycles. The van der Waals surface area contributed by atoms with Crippen molar-refractivity contribution in [3.63, 3.8) is 0 Å². The molecule has 3 heterocycles. The molecule has 114 valence electrons. The van der Waals surface area contributed by atoms with Crippen molar-refractivity contribution < 1.29 is 4.74 Å². The Labute approximate surface area is 144 Å². The van der Waals surface area contributed by atoms with Crippen LogP contribution in [0.25, 0.3) is 11.3 Å². The van der Waals surface area contributed by atoms with E-state index in [0.717, 1.165) is 30.8 Å². The summed E-state index contributed by atoms with van der Waals surface area (Å²) in [6.45, 7) is 0.676. The van der Waals surface area contributed by atoms with Crippen molar-refractivity contribution in [1.82, 2.24) is 15.2 Å². The summed E-state index contributed by atoms with van der Waals surface area (Å²) in [5.41, 5.74) is 1.67. The Morgan fingerprint density at radius 1 is 1.41 bits per heavy atom. The van der Waals surface area contributed by atoms with Gasteiger partial charge in [-0.25, -0.2) is 4.98 Å². The Morgan fingerprint density at radius 2 is 2.27 bits per heavy atom. The highest BCUT2D eigenvalue weighted by Gasteiger charge is 2.11. The third-order valence-corrected chi connectivity index (χ3v) is 4.62. The molecule has 0 aliphatic heterocycles. The number of methoxy groups -OCH3 is 1. The normalized spacial score (nSPS) is 10.7. The predicted molar refractivity (Wildman–Crippen MR) is 92.7 cm³/mol. The van der Waals surface area contributed by atoms with Crippen LogP contribution in [0.4, 0.5) is 5.82 Å². The third-order valence-electron chi connectivity index (χ3n) is 2.95. The summed E-state index contributed by atoms with van der Waals surface area (Å²) >= 11 is 10.9. The molecule has 0 atom stereocenters. The van der Waals surface area contributed by atoms with Gasteiger partial charge in [-0.15, -0.1) is 11.3 Å². The van der Waals surface area contributed by atoms with Gasteiger partial charge in [-0.1, -0.05) is 11.6 Å². The second kappa shape index (κ2) is 6.68. The molecule has 0 unspecified atom stereocenters.